The number of pyridine rings is 1. The van der Waals surface area contributed by atoms with E-state index in [2.05, 4.69) is 44.1 Å². The molecule has 1 amide bonds. The Balaban J connectivity index is 1.40. The first kappa shape index (κ1) is 19.9. The highest BCUT2D eigenvalue weighted by Crippen LogP contribution is 2.34. The zero-order valence-corrected chi connectivity index (χ0v) is 17.4. The summed E-state index contributed by atoms with van der Waals surface area (Å²) in [7, 11) is 0. The molecule has 0 bridgehead atoms. The first-order valence-corrected chi connectivity index (χ1v) is 9.99. The molecular weight excluding hydrogens is 378 g/mol. The van der Waals surface area contributed by atoms with Crippen molar-refractivity contribution in [1.82, 2.24) is 24.5 Å². The van der Waals surface area contributed by atoms with Crippen molar-refractivity contribution >= 4 is 17.9 Å². The van der Waals surface area contributed by atoms with Crippen molar-refractivity contribution in [3.05, 3.63) is 54.6 Å². The quantitative estimate of drug-likeness (QED) is 0.704. The molecule has 0 aliphatic carbocycles. The van der Waals surface area contributed by atoms with E-state index in [0.29, 0.717) is 11.7 Å². The number of aromatic nitrogens is 5. The van der Waals surface area contributed by atoms with E-state index in [1.807, 2.05) is 23.8 Å². The van der Waals surface area contributed by atoms with Crippen LogP contribution in [0.3, 0.4) is 0 Å². The molecule has 0 saturated carbocycles. The molecule has 0 saturated heterocycles. The van der Waals surface area contributed by atoms with Crippen LogP contribution in [0.1, 0.15) is 44.0 Å². The van der Waals surface area contributed by atoms with Crippen molar-refractivity contribution in [1.29, 1.82) is 0 Å². The highest BCUT2D eigenvalue weighted by Gasteiger charge is 2.29. The zero-order valence-electron chi connectivity index (χ0n) is 17.4. The van der Waals surface area contributed by atoms with Crippen LogP contribution in [-0.2, 0) is 11.3 Å². The molecule has 1 aliphatic rings. The molecular formula is C22H25N7O. The number of hydrogen-bond donors (Lipinski definition) is 1. The van der Waals surface area contributed by atoms with E-state index >= 15 is 0 Å². The summed E-state index contributed by atoms with van der Waals surface area (Å²) in [5, 5.41) is 2.84. The van der Waals surface area contributed by atoms with E-state index in [9.17, 15) is 4.79 Å². The van der Waals surface area contributed by atoms with Gasteiger partial charge in [-0.3, -0.25) is 19.8 Å². The van der Waals surface area contributed by atoms with E-state index < -0.39 is 0 Å². The lowest BCUT2D eigenvalue weighted by molar-refractivity contribution is -0.116. The first-order chi connectivity index (χ1) is 14.4. The summed E-state index contributed by atoms with van der Waals surface area (Å²) in [5.41, 5.74) is 3.58. The Morgan fingerprint density at radius 1 is 1.20 bits per heavy atom. The second kappa shape index (κ2) is 8.14. The minimum atomic E-state index is -0.146. The maximum Gasteiger partial charge on any atom is 0.245 e. The van der Waals surface area contributed by atoms with Gasteiger partial charge in [-0.25, -0.2) is 9.97 Å². The standard InChI is InChI=1S/C22H25N7O/c1-15-21(16-6-7-27-22(2,3)10-16)26-14-29(15)13-20(30)28-19-5-4-17(11-25-19)18-12-23-8-9-24-18/h4-5,7-9,11-12,14,16H,6,10,13H2,1-3H3,(H,25,28,30). The number of imidazole rings is 1. The Morgan fingerprint density at radius 2 is 2.07 bits per heavy atom. The van der Waals surface area contributed by atoms with Crippen molar-refractivity contribution in [2.75, 3.05) is 5.32 Å². The van der Waals surface area contributed by atoms with E-state index in [1.165, 1.54) is 0 Å². The molecule has 4 rings (SSSR count). The van der Waals surface area contributed by atoms with Crippen molar-refractivity contribution < 1.29 is 4.79 Å². The molecule has 1 unspecified atom stereocenters. The second-order valence-electron chi connectivity index (χ2n) is 8.17. The first-order valence-electron chi connectivity index (χ1n) is 9.99. The van der Waals surface area contributed by atoms with Gasteiger partial charge in [0.15, 0.2) is 0 Å². The van der Waals surface area contributed by atoms with Crippen molar-refractivity contribution in [3.63, 3.8) is 0 Å². The molecule has 154 valence electrons. The molecule has 30 heavy (non-hydrogen) atoms. The third-order valence-electron chi connectivity index (χ3n) is 5.30. The van der Waals surface area contributed by atoms with E-state index in [4.69, 9.17) is 0 Å². The molecule has 0 radical (unpaired) electrons. The predicted octanol–water partition coefficient (Wildman–Crippen LogP) is 3.41. The molecule has 8 nitrogen and oxygen atoms in total. The van der Waals surface area contributed by atoms with Crippen LogP contribution in [0.25, 0.3) is 11.3 Å². The van der Waals surface area contributed by atoms with Crippen LogP contribution in [0.4, 0.5) is 5.82 Å². The van der Waals surface area contributed by atoms with Crippen molar-refractivity contribution in [2.45, 2.75) is 51.6 Å². The number of anilines is 1. The molecule has 1 atom stereocenters. The number of nitrogens with zero attached hydrogens (tertiary/aromatic N) is 6. The lowest BCUT2D eigenvalue weighted by Gasteiger charge is -2.29. The van der Waals surface area contributed by atoms with Gasteiger partial charge in [0.2, 0.25) is 5.91 Å². The topological polar surface area (TPSA) is 98.0 Å². The van der Waals surface area contributed by atoms with Crippen LogP contribution in [0, 0.1) is 6.92 Å². The number of rotatable bonds is 5. The van der Waals surface area contributed by atoms with Crippen LogP contribution in [0.5, 0.6) is 0 Å². The Bertz CT molecular complexity index is 1050. The predicted molar refractivity (Wildman–Crippen MR) is 115 cm³/mol. The minimum Gasteiger partial charge on any atom is -0.325 e. The Kier molecular flexibility index (Phi) is 5.39. The number of carbonyl (C=O) groups excluding carboxylic acids is 1. The fraction of sp³-hybridized carbons (Fsp3) is 0.364. The van der Waals surface area contributed by atoms with Gasteiger partial charge >= 0.3 is 0 Å². The normalized spacial score (nSPS) is 17.6. The van der Waals surface area contributed by atoms with E-state index in [0.717, 1.165) is 35.5 Å². The minimum absolute atomic E-state index is 0.0698. The largest absolute Gasteiger partial charge is 0.325 e. The zero-order chi connectivity index (χ0) is 21.1. The maximum atomic E-state index is 12.5. The Morgan fingerprint density at radius 3 is 2.77 bits per heavy atom. The summed E-state index contributed by atoms with van der Waals surface area (Å²) in [6.07, 6.45) is 12.2. The Hall–Kier alpha value is -3.42. The molecule has 8 heteroatoms. The summed E-state index contributed by atoms with van der Waals surface area (Å²) < 4.78 is 1.89. The third-order valence-corrected chi connectivity index (χ3v) is 5.30. The van der Waals surface area contributed by atoms with Crippen molar-refractivity contribution in [2.24, 2.45) is 4.99 Å². The van der Waals surface area contributed by atoms with Crippen LogP contribution >= 0.6 is 0 Å². The maximum absolute atomic E-state index is 12.5. The summed E-state index contributed by atoms with van der Waals surface area (Å²) in [6.45, 7) is 6.48. The lowest BCUT2D eigenvalue weighted by Crippen LogP contribution is -2.26. The van der Waals surface area contributed by atoms with Gasteiger partial charge in [-0.15, -0.1) is 0 Å². The summed E-state index contributed by atoms with van der Waals surface area (Å²) >= 11 is 0. The smallest absolute Gasteiger partial charge is 0.245 e. The fourth-order valence-corrected chi connectivity index (χ4v) is 3.80. The van der Waals surface area contributed by atoms with Crippen molar-refractivity contribution in [3.8, 4) is 11.3 Å². The van der Waals surface area contributed by atoms with Crippen LogP contribution < -0.4 is 5.32 Å². The van der Waals surface area contributed by atoms with Crippen LogP contribution in [0.15, 0.2) is 48.2 Å². The van der Waals surface area contributed by atoms with Gasteiger partial charge in [0, 0.05) is 42.0 Å². The second-order valence-corrected chi connectivity index (χ2v) is 8.17. The average Bonchev–Trinajstić information content (AvgIpc) is 3.08. The molecule has 0 spiro atoms. The highest BCUT2D eigenvalue weighted by atomic mass is 16.2. The Labute approximate surface area is 175 Å². The SMILES string of the molecule is Cc1c(C2CC=NC(C)(C)C2)ncn1CC(=O)Nc1ccc(-c2cnccn2)cn1. The number of nitrogens with one attached hydrogen (secondary N) is 1. The van der Waals surface area contributed by atoms with Gasteiger partial charge in [-0.2, -0.15) is 0 Å². The van der Waals surface area contributed by atoms with Crippen LogP contribution in [-0.4, -0.2) is 42.2 Å². The molecule has 4 heterocycles. The molecule has 3 aromatic rings. The summed E-state index contributed by atoms with van der Waals surface area (Å²) in [6, 6.07) is 3.62. The highest BCUT2D eigenvalue weighted by molar-refractivity contribution is 5.89. The van der Waals surface area contributed by atoms with Gasteiger partial charge < -0.3 is 9.88 Å². The molecule has 0 aromatic carbocycles. The molecule has 0 fully saturated rings. The van der Waals surface area contributed by atoms with Crippen LogP contribution in [0.2, 0.25) is 0 Å². The number of hydrogen-bond acceptors (Lipinski definition) is 6. The third kappa shape index (κ3) is 4.42. The number of amides is 1. The van der Waals surface area contributed by atoms with E-state index in [1.54, 1.807) is 37.2 Å². The molecule has 3 aromatic heterocycles. The lowest BCUT2D eigenvalue weighted by atomic mass is 9.84. The fourth-order valence-electron chi connectivity index (χ4n) is 3.80. The van der Waals surface area contributed by atoms with Gasteiger partial charge in [-0.05, 0) is 45.7 Å². The number of carbonyl (C=O) groups is 1. The molecule has 1 N–H and O–H groups in total. The average molecular weight is 403 g/mol. The monoisotopic (exact) mass is 403 g/mol. The summed E-state index contributed by atoms with van der Waals surface area (Å²) in [4.78, 5) is 34.3. The van der Waals surface area contributed by atoms with Gasteiger partial charge in [0.25, 0.3) is 0 Å². The van der Waals surface area contributed by atoms with E-state index in [-0.39, 0.29) is 18.0 Å². The van der Waals surface area contributed by atoms with Gasteiger partial charge in [-0.1, -0.05) is 0 Å². The van der Waals surface area contributed by atoms with Gasteiger partial charge in [0.05, 0.1) is 29.5 Å². The molecule has 1 aliphatic heterocycles. The number of aliphatic imine (C=N–C) groups is 1. The summed E-state index contributed by atoms with van der Waals surface area (Å²) in [5.74, 6) is 0.681. The van der Waals surface area contributed by atoms with Gasteiger partial charge in [0.1, 0.15) is 12.4 Å².